The Balaban J connectivity index is 1.50. The number of anilines is 2. The number of morpholine rings is 1. The molecular weight excluding hydrogens is 505 g/mol. The maximum absolute atomic E-state index is 6.75. The van der Waals surface area contributed by atoms with Gasteiger partial charge in [0.1, 0.15) is 17.0 Å². The molecule has 2 bridgehead atoms. The molecule has 1 aromatic carbocycles. The lowest BCUT2D eigenvalue weighted by atomic mass is 10.1. The van der Waals surface area contributed by atoms with E-state index in [-0.39, 0.29) is 18.2 Å². The van der Waals surface area contributed by atoms with Crippen molar-refractivity contribution in [2.75, 3.05) is 50.8 Å². The van der Waals surface area contributed by atoms with E-state index in [0.29, 0.717) is 52.0 Å². The molecule has 9 nitrogen and oxygen atoms in total. The lowest BCUT2D eigenvalue weighted by Crippen LogP contribution is -2.37. The molecule has 5 heterocycles. The number of pyridine rings is 1. The van der Waals surface area contributed by atoms with E-state index < -0.39 is 0 Å². The molecule has 36 heavy (non-hydrogen) atoms. The van der Waals surface area contributed by atoms with Crippen molar-refractivity contribution in [1.29, 1.82) is 0 Å². The summed E-state index contributed by atoms with van der Waals surface area (Å²) in [4.78, 5) is 16.9. The first-order valence-electron chi connectivity index (χ1n) is 12.1. The predicted molar refractivity (Wildman–Crippen MR) is 139 cm³/mol. The Morgan fingerprint density at radius 1 is 1.08 bits per heavy atom. The van der Waals surface area contributed by atoms with Gasteiger partial charge in [-0.15, -0.1) is 0 Å². The quantitative estimate of drug-likeness (QED) is 0.490. The normalized spacial score (nSPS) is 23.3. The number of benzene rings is 1. The second-order valence-electron chi connectivity index (χ2n) is 9.30. The maximum atomic E-state index is 6.75. The topological polar surface area (TPSA) is 90.9 Å². The van der Waals surface area contributed by atoms with Crippen LogP contribution in [0, 0.1) is 0 Å². The number of rotatable bonds is 6. The molecule has 3 aliphatic heterocycles. The molecular formula is C25H27Cl2N5O4. The highest BCUT2D eigenvalue weighted by Crippen LogP contribution is 2.47. The number of methoxy groups -OCH3 is 2. The number of aromatic nitrogens is 3. The van der Waals surface area contributed by atoms with Gasteiger partial charge in [-0.25, -0.2) is 15.0 Å². The molecule has 3 aromatic rings. The molecule has 2 unspecified atom stereocenters. The first kappa shape index (κ1) is 23.8. The van der Waals surface area contributed by atoms with Crippen LogP contribution in [0.3, 0.4) is 0 Å². The van der Waals surface area contributed by atoms with Gasteiger partial charge in [0.05, 0.1) is 61.4 Å². The monoisotopic (exact) mass is 531 g/mol. The Labute approximate surface area is 219 Å². The highest BCUT2D eigenvalue weighted by Gasteiger charge is 2.40. The van der Waals surface area contributed by atoms with Crippen LogP contribution in [0.4, 0.5) is 11.8 Å². The molecule has 2 aromatic heterocycles. The van der Waals surface area contributed by atoms with Crippen molar-refractivity contribution in [2.45, 2.75) is 37.5 Å². The average molecular weight is 532 g/mol. The largest absolute Gasteiger partial charge is 0.495 e. The van der Waals surface area contributed by atoms with Crippen LogP contribution in [0.5, 0.6) is 11.5 Å². The molecule has 3 saturated heterocycles. The summed E-state index contributed by atoms with van der Waals surface area (Å²) in [6.45, 7) is 2.87. The van der Waals surface area contributed by atoms with E-state index in [0.717, 1.165) is 49.1 Å². The van der Waals surface area contributed by atoms with Gasteiger partial charge < -0.3 is 29.2 Å². The van der Waals surface area contributed by atoms with Crippen molar-refractivity contribution in [3.63, 3.8) is 0 Å². The number of ether oxygens (including phenoxy) is 4. The third-order valence-corrected chi connectivity index (χ3v) is 7.79. The van der Waals surface area contributed by atoms with Crippen molar-refractivity contribution < 1.29 is 18.9 Å². The summed E-state index contributed by atoms with van der Waals surface area (Å²) in [5, 5.41) is 4.99. The number of nitrogens with zero attached hydrogens (tertiary/aromatic N) is 4. The van der Waals surface area contributed by atoms with Crippen LogP contribution in [-0.2, 0) is 9.47 Å². The zero-order chi connectivity index (χ0) is 24.8. The van der Waals surface area contributed by atoms with E-state index >= 15 is 0 Å². The number of hydrogen-bond acceptors (Lipinski definition) is 9. The summed E-state index contributed by atoms with van der Waals surface area (Å²) >= 11 is 13.5. The van der Waals surface area contributed by atoms with E-state index in [1.54, 1.807) is 20.3 Å². The molecule has 0 aliphatic carbocycles. The molecule has 0 radical (unpaired) electrons. The zero-order valence-electron chi connectivity index (χ0n) is 20.1. The van der Waals surface area contributed by atoms with Gasteiger partial charge in [-0.05, 0) is 25.3 Å². The van der Waals surface area contributed by atoms with E-state index in [4.69, 9.17) is 52.1 Å². The van der Waals surface area contributed by atoms with Gasteiger partial charge in [-0.3, -0.25) is 0 Å². The highest BCUT2D eigenvalue weighted by atomic mass is 35.5. The fraction of sp³-hybridized carbons (Fsp3) is 0.480. The minimum Gasteiger partial charge on any atom is -0.495 e. The number of hydrogen-bond donors (Lipinski definition) is 1. The van der Waals surface area contributed by atoms with Crippen LogP contribution in [0.25, 0.3) is 22.2 Å². The zero-order valence-corrected chi connectivity index (χ0v) is 21.6. The molecule has 0 saturated carbocycles. The van der Waals surface area contributed by atoms with E-state index in [2.05, 4.69) is 15.2 Å². The van der Waals surface area contributed by atoms with E-state index in [1.807, 2.05) is 12.3 Å². The molecule has 11 heteroatoms. The Kier molecular flexibility index (Phi) is 6.41. The SMILES string of the molecule is COc1cc(OC)c(Cl)c(-c2cc3cnc(N[C@H]4CCCOC4)nc3c(N3CC4CC3CO4)n2)c1Cl. The highest BCUT2D eigenvalue weighted by molar-refractivity contribution is 6.41. The standard InChI is InChI=1S/C25H27Cl2N5O4/c1-33-18-8-19(34-2)22(27)20(21(18)26)17-6-13-9-28-25(29-14-4-3-5-35-11-14)31-23(13)24(30-17)32-10-16-7-15(32)12-36-16/h6,8-9,14-16H,3-5,7,10-12H2,1-2H3,(H,28,29,31)/t14-,15?,16?/m0/s1. The first-order chi connectivity index (χ1) is 17.6. The summed E-state index contributed by atoms with van der Waals surface area (Å²) in [7, 11) is 3.11. The summed E-state index contributed by atoms with van der Waals surface area (Å²) in [5.74, 6) is 2.23. The van der Waals surface area contributed by atoms with Crippen LogP contribution in [-0.4, -0.2) is 73.7 Å². The summed E-state index contributed by atoms with van der Waals surface area (Å²) in [6, 6.07) is 4.00. The van der Waals surface area contributed by atoms with Crippen molar-refractivity contribution in [1.82, 2.24) is 15.0 Å². The van der Waals surface area contributed by atoms with Gasteiger partial charge in [-0.2, -0.15) is 0 Å². The van der Waals surface area contributed by atoms with Gasteiger partial charge in [0, 0.05) is 36.4 Å². The number of nitrogens with one attached hydrogen (secondary N) is 1. The molecule has 1 N–H and O–H groups in total. The lowest BCUT2D eigenvalue weighted by Gasteiger charge is -2.29. The Hall–Kier alpha value is -2.59. The van der Waals surface area contributed by atoms with Crippen molar-refractivity contribution in [2.24, 2.45) is 0 Å². The Bertz CT molecular complexity index is 1280. The molecule has 3 aliphatic rings. The van der Waals surface area contributed by atoms with Crippen molar-refractivity contribution in [3.05, 3.63) is 28.4 Å². The molecule has 3 fully saturated rings. The predicted octanol–water partition coefficient (Wildman–Crippen LogP) is 4.58. The molecule has 3 atom stereocenters. The van der Waals surface area contributed by atoms with Gasteiger partial charge in [0.15, 0.2) is 5.82 Å². The molecule has 6 rings (SSSR count). The summed E-state index contributed by atoms with van der Waals surface area (Å²) < 4.78 is 22.4. The van der Waals surface area contributed by atoms with E-state index in [1.165, 1.54) is 0 Å². The van der Waals surface area contributed by atoms with Gasteiger partial charge in [0.25, 0.3) is 0 Å². The molecule has 0 amide bonds. The minimum atomic E-state index is 0.185. The van der Waals surface area contributed by atoms with Crippen LogP contribution in [0.2, 0.25) is 10.0 Å². The van der Waals surface area contributed by atoms with Crippen LogP contribution in [0.1, 0.15) is 19.3 Å². The molecule has 0 spiro atoms. The first-order valence-corrected chi connectivity index (χ1v) is 12.8. The fourth-order valence-electron chi connectivity index (χ4n) is 5.23. The summed E-state index contributed by atoms with van der Waals surface area (Å²) in [6.07, 6.45) is 5.01. The second kappa shape index (κ2) is 9.70. The maximum Gasteiger partial charge on any atom is 0.223 e. The fourth-order valence-corrected chi connectivity index (χ4v) is 5.92. The smallest absolute Gasteiger partial charge is 0.223 e. The Morgan fingerprint density at radius 3 is 2.53 bits per heavy atom. The molecule has 190 valence electrons. The second-order valence-corrected chi connectivity index (χ2v) is 10.1. The van der Waals surface area contributed by atoms with Gasteiger partial charge in [-0.1, -0.05) is 23.2 Å². The number of halogens is 2. The van der Waals surface area contributed by atoms with Crippen LogP contribution in [0.15, 0.2) is 18.3 Å². The van der Waals surface area contributed by atoms with Crippen LogP contribution >= 0.6 is 23.2 Å². The van der Waals surface area contributed by atoms with Crippen LogP contribution < -0.4 is 19.7 Å². The Morgan fingerprint density at radius 2 is 1.89 bits per heavy atom. The van der Waals surface area contributed by atoms with E-state index in [9.17, 15) is 0 Å². The van der Waals surface area contributed by atoms with Crippen molar-refractivity contribution >= 4 is 45.9 Å². The van der Waals surface area contributed by atoms with Gasteiger partial charge >= 0.3 is 0 Å². The number of fused-ring (bicyclic) bond motifs is 3. The third kappa shape index (κ3) is 4.18. The lowest BCUT2D eigenvalue weighted by molar-refractivity contribution is 0.0874. The average Bonchev–Trinajstić information content (AvgIpc) is 3.53. The van der Waals surface area contributed by atoms with Gasteiger partial charge in [0.2, 0.25) is 5.95 Å². The third-order valence-electron chi connectivity index (χ3n) is 7.04. The minimum absolute atomic E-state index is 0.185. The van der Waals surface area contributed by atoms with Crippen molar-refractivity contribution in [3.8, 4) is 22.8 Å². The summed E-state index contributed by atoms with van der Waals surface area (Å²) in [5.41, 5.74) is 1.90.